The molecule has 0 aliphatic carbocycles. The number of halogens is 1. The number of aryl methyl sites for hydroxylation is 3. The van der Waals surface area contributed by atoms with Crippen molar-refractivity contribution < 1.29 is 18.4 Å². The molecule has 1 aliphatic rings. The molecular formula is C22H21FN2O3. The summed E-state index contributed by atoms with van der Waals surface area (Å²) in [6, 6.07) is 11.9. The molecule has 1 amide bonds. The largest absolute Gasteiger partial charge is 0.489 e. The Kier molecular flexibility index (Phi) is 4.86. The molecule has 0 fully saturated rings. The molecule has 28 heavy (non-hydrogen) atoms. The smallest absolute Gasteiger partial charge is 0.280 e. The van der Waals surface area contributed by atoms with Crippen LogP contribution in [0.15, 0.2) is 47.0 Å². The molecule has 0 saturated carbocycles. The molecular weight excluding hydrogens is 359 g/mol. The molecule has 0 unspecified atom stereocenters. The molecule has 0 spiro atoms. The molecule has 0 radical (unpaired) electrons. The lowest BCUT2D eigenvalue weighted by atomic mass is 9.99. The molecule has 2 heterocycles. The van der Waals surface area contributed by atoms with Crippen LogP contribution in [-0.2, 0) is 13.0 Å². The van der Waals surface area contributed by atoms with Gasteiger partial charge in [0.25, 0.3) is 5.91 Å². The van der Waals surface area contributed by atoms with Crippen molar-refractivity contribution in [2.24, 2.45) is 0 Å². The van der Waals surface area contributed by atoms with Crippen LogP contribution in [0.2, 0.25) is 0 Å². The molecule has 144 valence electrons. The lowest BCUT2D eigenvalue weighted by Crippen LogP contribution is -2.36. The molecule has 4 rings (SSSR count). The van der Waals surface area contributed by atoms with Gasteiger partial charge in [0, 0.05) is 12.2 Å². The van der Waals surface area contributed by atoms with Gasteiger partial charge in [-0.2, -0.15) is 0 Å². The zero-order chi connectivity index (χ0) is 19.7. The fourth-order valence-corrected chi connectivity index (χ4v) is 3.48. The summed E-state index contributed by atoms with van der Waals surface area (Å²) in [4.78, 5) is 15.0. The number of carbonyl (C=O) groups is 1. The summed E-state index contributed by atoms with van der Waals surface area (Å²) in [7, 11) is 0. The molecule has 0 bridgehead atoms. The normalized spacial score (nSPS) is 13.3. The Labute approximate surface area is 162 Å². The van der Waals surface area contributed by atoms with Gasteiger partial charge in [0.1, 0.15) is 23.9 Å². The average molecular weight is 380 g/mol. The first-order valence-electron chi connectivity index (χ1n) is 9.28. The van der Waals surface area contributed by atoms with Crippen molar-refractivity contribution in [2.75, 3.05) is 11.4 Å². The first-order chi connectivity index (χ1) is 13.5. The SMILES string of the molecule is Cc1ccc2c(c1)CCCN2C(=O)c1noc(C)c1COc1ccc(F)cc1. The number of carbonyl (C=O) groups excluding carboxylic acids is 1. The van der Waals surface area contributed by atoms with Gasteiger partial charge < -0.3 is 14.2 Å². The number of hydrogen-bond donors (Lipinski definition) is 0. The van der Waals surface area contributed by atoms with E-state index < -0.39 is 0 Å². The van der Waals surface area contributed by atoms with Crippen LogP contribution in [-0.4, -0.2) is 17.6 Å². The monoisotopic (exact) mass is 380 g/mol. The van der Waals surface area contributed by atoms with Crippen LogP contribution in [0.1, 0.15) is 39.4 Å². The zero-order valence-electron chi connectivity index (χ0n) is 15.9. The van der Waals surface area contributed by atoms with E-state index in [0.717, 1.165) is 18.5 Å². The molecule has 6 heteroatoms. The number of amides is 1. The van der Waals surface area contributed by atoms with Crippen LogP contribution >= 0.6 is 0 Å². The van der Waals surface area contributed by atoms with E-state index in [-0.39, 0.29) is 24.0 Å². The lowest BCUT2D eigenvalue weighted by molar-refractivity contribution is 0.0974. The summed E-state index contributed by atoms with van der Waals surface area (Å²) in [5, 5.41) is 4.00. The first-order valence-corrected chi connectivity index (χ1v) is 9.28. The number of anilines is 1. The summed E-state index contributed by atoms with van der Waals surface area (Å²) >= 11 is 0. The second kappa shape index (κ2) is 7.46. The summed E-state index contributed by atoms with van der Waals surface area (Å²) in [6.45, 7) is 4.56. The van der Waals surface area contributed by atoms with E-state index in [1.807, 2.05) is 19.1 Å². The maximum atomic E-state index is 13.2. The Balaban J connectivity index is 1.59. The molecule has 0 N–H and O–H groups in total. The first kappa shape index (κ1) is 18.2. The summed E-state index contributed by atoms with van der Waals surface area (Å²) < 4.78 is 24.1. The Morgan fingerprint density at radius 1 is 1.21 bits per heavy atom. The maximum Gasteiger partial charge on any atom is 0.280 e. The molecule has 5 nitrogen and oxygen atoms in total. The van der Waals surface area contributed by atoms with Crippen molar-refractivity contribution in [3.8, 4) is 5.75 Å². The van der Waals surface area contributed by atoms with E-state index in [4.69, 9.17) is 9.26 Å². The lowest BCUT2D eigenvalue weighted by Gasteiger charge is -2.29. The highest BCUT2D eigenvalue weighted by atomic mass is 19.1. The Hall–Kier alpha value is -3.15. The minimum absolute atomic E-state index is 0.122. The second-order valence-electron chi connectivity index (χ2n) is 7.00. The van der Waals surface area contributed by atoms with Crippen molar-refractivity contribution >= 4 is 11.6 Å². The Morgan fingerprint density at radius 3 is 2.79 bits per heavy atom. The Bertz CT molecular complexity index is 1010. The van der Waals surface area contributed by atoms with Crippen LogP contribution in [0.5, 0.6) is 5.75 Å². The molecule has 1 aliphatic heterocycles. The number of nitrogens with zero attached hydrogens (tertiary/aromatic N) is 2. The van der Waals surface area contributed by atoms with Gasteiger partial charge in [0.05, 0.1) is 5.56 Å². The molecule has 0 saturated heterocycles. The number of rotatable bonds is 4. The van der Waals surface area contributed by atoms with Gasteiger partial charge in [-0.3, -0.25) is 4.79 Å². The quantitative estimate of drug-likeness (QED) is 0.664. The third-order valence-corrected chi connectivity index (χ3v) is 4.98. The van der Waals surface area contributed by atoms with Crippen molar-refractivity contribution in [3.05, 3.63) is 76.4 Å². The molecule has 1 aromatic heterocycles. The molecule has 2 aromatic carbocycles. The number of hydrogen-bond acceptors (Lipinski definition) is 4. The minimum atomic E-state index is -0.330. The zero-order valence-corrected chi connectivity index (χ0v) is 15.9. The highest BCUT2D eigenvalue weighted by Crippen LogP contribution is 2.30. The number of benzene rings is 2. The second-order valence-corrected chi connectivity index (χ2v) is 7.00. The standard InChI is InChI=1S/C22H21FN2O3/c1-14-5-10-20-16(12-14)4-3-11-25(20)22(26)21-19(15(2)28-24-21)13-27-18-8-6-17(23)7-9-18/h5-10,12H,3-4,11,13H2,1-2H3. The van der Waals surface area contributed by atoms with Gasteiger partial charge in [-0.05, 0) is 62.6 Å². The van der Waals surface area contributed by atoms with Crippen LogP contribution in [0, 0.1) is 19.7 Å². The van der Waals surface area contributed by atoms with E-state index in [1.54, 1.807) is 24.0 Å². The van der Waals surface area contributed by atoms with Gasteiger partial charge in [-0.15, -0.1) is 0 Å². The van der Waals surface area contributed by atoms with Gasteiger partial charge >= 0.3 is 0 Å². The van der Waals surface area contributed by atoms with Crippen molar-refractivity contribution in [2.45, 2.75) is 33.3 Å². The number of ether oxygens (including phenoxy) is 1. The van der Waals surface area contributed by atoms with Crippen LogP contribution in [0.3, 0.4) is 0 Å². The summed E-state index contributed by atoms with van der Waals surface area (Å²) in [5.41, 5.74) is 4.14. The molecule has 3 aromatic rings. The summed E-state index contributed by atoms with van der Waals surface area (Å²) in [5.74, 6) is 0.522. The van der Waals surface area contributed by atoms with Crippen molar-refractivity contribution in [3.63, 3.8) is 0 Å². The van der Waals surface area contributed by atoms with Crippen molar-refractivity contribution in [1.82, 2.24) is 5.16 Å². The van der Waals surface area contributed by atoms with E-state index in [1.165, 1.54) is 23.3 Å². The molecule has 0 atom stereocenters. The predicted octanol–water partition coefficient (Wildman–Crippen LogP) is 4.60. The van der Waals surface area contributed by atoms with Crippen LogP contribution in [0.4, 0.5) is 10.1 Å². The third-order valence-electron chi connectivity index (χ3n) is 4.98. The minimum Gasteiger partial charge on any atom is -0.489 e. The van der Waals surface area contributed by atoms with E-state index >= 15 is 0 Å². The fourth-order valence-electron chi connectivity index (χ4n) is 3.48. The van der Waals surface area contributed by atoms with E-state index in [9.17, 15) is 9.18 Å². The van der Waals surface area contributed by atoms with Gasteiger partial charge in [-0.25, -0.2) is 4.39 Å². The highest BCUT2D eigenvalue weighted by Gasteiger charge is 2.29. The van der Waals surface area contributed by atoms with Crippen LogP contribution in [0.25, 0.3) is 0 Å². The van der Waals surface area contributed by atoms with E-state index in [0.29, 0.717) is 23.6 Å². The van der Waals surface area contributed by atoms with Gasteiger partial charge in [-0.1, -0.05) is 22.9 Å². The van der Waals surface area contributed by atoms with E-state index in [2.05, 4.69) is 11.2 Å². The van der Waals surface area contributed by atoms with Gasteiger partial charge in [0.15, 0.2) is 5.69 Å². The van der Waals surface area contributed by atoms with Gasteiger partial charge in [0.2, 0.25) is 0 Å². The van der Waals surface area contributed by atoms with Crippen LogP contribution < -0.4 is 9.64 Å². The fraction of sp³-hybridized carbons (Fsp3) is 0.273. The Morgan fingerprint density at radius 2 is 2.00 bits per heavy atom. The number of fused-ring (bicyclic) bond motifs is 1. The summed E-state index contributed by atoms with van der Waals surface area (Å²) in [6.07, 6.45) is 1.86. The topological polar surface area (TPSA) is 55.6 Å². The maximum absolute atomic E-state index is 13.2. The predicted molar refractivity (Wildman–Crippen MR) is 103 cm³/mol. The highest BCUT2D eigenvalue weighted by molar-refractivity contribution is 6.06. The van der Waals surface area contributed by atoms with Crippen molar-refractivity contribution in [1.29, 1.82) is 0 Å². The average Bonchev–Trinajstić information content (AvgIpc) is 3.06. The number of aromatic nitrogens is 1. The third kappa shape index (κ3) is 3.50.